The van der Waals surface area contributed by atoms with E-state index in [-0.39, 0.29) is 11.2 Å². The van der Waals surface area contributed by atoms with Crippen LogP contribution in [0.1, 0.15) is 76.7 Å². The van der Waals surface area contributed by atoms with Crippen molar-refractivity contribution in [1.82, 2.24) is 0 Å². The number of halogens is 3. The fraction of sp³-hybridized carbons (Fsp3) is 0.636. The minimum Gasteiger partial charge on any atom is -0.428 e. The molecule has 0 spiro atoms. The third-order valence-electron chi connectivity index (χ3n) is 6.74. The molecule has 4 heteroatoms. The van der Waals surface area contributed by atoms with Crippen LogP contribution in [0.25, 0.3) is 0 Å². The maximum atomic E-state index is 13.0. The van der Waals surface area contributed by atoms with E-state index in [1.54, 1.807) is 12.1 Å². The van der Waals surface area contributed by atoms with E-state index in [0.29, 0.717) is 5.92 Å². The Morgan fingerprint density at radius 3 is 2.12 bits per heavy atom. The van der Waals surface area contributed by atoms with Crippen molar-refractivity contribution in [3.63, 3.8) is 0 Å². The van der Waals surface area contributed by atoms with Crippen LogP contribution in [0, 0.1) is 11.8 Å². The highest BCUT2D eigenvalue weighted by Gasteiger charge is 2.42. The SMILES string of the molecule is CCC1CCC(C2(c3ccc(OC(F)=C(F)F)cc3)CCCCC2)CC1. The van der Waals surface area contributed by atoms with Gasteiger partial charge in [-0.3, -0.25) is 0 Å². The molecule has 2 fully saturated rings. The number of hydrogen-bond donors (Lipinski definition) is 0. The summed E-state index contributed by atoms with van der Waals surface area (Å²) in [4.78, 5) is 0. The van der Waals surface area contributed by atoms with Crippen LogP contribution >= 0.6 is 0 Å². The second-order valence-corrected chi connectivity index (χ2v) is 8.00. The smallest absolute Gasteiger partial charge is 0.344 e. The first-order chi connectivity index (χ1) is 12.5. The Hall–Kier alpha value is -1.45. The van der Waals surface area contributed by atoms with Gasteiger partial charge in [0, 0.05) is 0 Å². The van der Waals surface area contributed by atoms with Crippen LogP contribution < -0.4 is 4.74 Å². The summed E-state index contributed by atoms with van der Waals surface area (Å²) in [7, 11) is 0. The molecule has 0 amide bonds. The van der Waals surface area contributed by atoms with Gasteiger partial charge in [0.1, 0.15) is 5.75 Å². The van der Waals surface area contributed by atoms with Gasteiger partial charge in [-0.15, -0.1) is 0 Å². The lowest BCUT2D eigenvalue weighted by atomic mass is 9.57. The highest BCUT2D eigenvalue weighted by molar-refractivity contribution is 5.34. The van der Waals surface area contributed by atoms with Gasteiger partial charge in [-0.2, -0.15) is 13.2 Å². The lowest BCUT2D eigenvalue weighted by Gasteiger charge is -2.47. The van der Waals surface area contributed by atoms with Crippen LogP contribution in [0.3, 0.4) is 0 Å². The summed E-state index contributed by atoms with van der Waals surface area (Å²) in [5.41, 5.74) is 1.46. The van der Waals surface area contributed by atoms with Gasteiger partial charge in [-0.25, -0.2) is 0 Å². The number of ether oxygens (including phenoxy) is 1. The quantitative estimate of drug-likeness (QED) is 0.490. The molecule has 1 aromatic carbocycles. The molecule has 0 unspecified atom stereocenters. The monoisotopic (exact) mass is 366 g/mol. The van der Waals surface area contributed by atoms with Crippen LogP contribution in [0.5, 0.6) is 5.75 Å². The molecule has 0 N–H and O–H groups in total. The first-order valence-electron chi connectivity index (χ1n) is 10.0. The van der Waals surface area contributed by atoms with E-state index in [2.05, 4.69) is 11.7 Å². The lowest BCUT2D eigenvalue weighted by Crippen LogP contribution is -2.39. The molecule has 0 bridgehead atoms. The zero-order valence-corrected chi connectivity index (χ0v) is 15.6. The second-order valence-electron chi connectivity index (χ2n) is 8.00. The third-order valence-corrected chi connectivity index (χ3v) is 6.74. The van der Waals surface area contributed by atoms with Crippen molar-refractivity contribution in [3.8, 4) is 5.75 Å². The van der Waals surface area contributed by atoms with Crippen molar-refractivity contribution < 1.29 is 17.9 Å². The number of hydrogen-bond acceptors (Lipinski definition) is 1. The van der Waals surface area contributed by atoms with Crippen molar-refractivity contribution >= 4 is 0 Å². The Morgan fingerprint density at radius 2 is 1.58 bits per heavy atom. The van der Waals surface area contributed by atoms with E-state index in [1.807, 2.05) is 12.1 Å². The standard InChI is InChI=1S/C22H29F3O/c1-2-16-6-8-17(9-7-16)22(14-4-3-5-15-22)18-10-12-19(13-11-18)26-21(25)20(23)24/h10-13,16-17H,2-9,14-15H2,1H3. The van der Waals surface area contributed by atoms with E-state index < -0.39 is 12.1 Å². The Balaban J connectivity index is 1.80. The van der Waals surface area contributed by atoms with Crippen molar-refractivity contribution in [2.24, 2.45) is 11.8 Å². The van der Waals surface area contributed by atoms with Crippen LogP contribution in [-0.4, -0.2) is 0 Å². The van der Waals surface area contributed by atoms with E-state index in [4.69, 9.17) is 0 Å². The highest BCUT2D eigenvalue weighted by atomic mass is 19.3. The molecule has 144 valence electrons. The average molecular weight is 366 g/mol. The van der Waals surface area contributed by atoms with Crippen molar-refractivity contribution in [2.45, 2.75) is 76.5 Å². The summed E-state index contributed by atoms with van der Waals surface area (Å²) in [5.74, 6) is 1.69. The third kappa shape index (κ3) is 4.10. The van der Waals surface area contributed by atoms with Gasteiger partial charge in [0.15, 0.2) is 0 Å². The summed E-state index contributed by atoms with van der Waals surface area (Å²) in [6, 6.07) is 5.38. The summed E-state index contributed by atoms with van der Waals surface area (Å²) < 4.78 is 42.1. The highest BCUT2D eigenvalue weighted by Crippen LogP contribution is 2.51. The molecule has 2 aliphatic rings. The fourth-order valence-electron chi connectivity index (χ4n) is 5.24. The molecular formula is C22H29F3O. The van der Waals surface area contributed by atoms with Gasteiger partial charge < -0.3 is 4.74 Å². The molecule has 2 saturated carbocycles. The number of benzene rings is 1. The molecule has 0 atom stereocenters. The molecule has 26 heavy (non-hydrogen) atoms. The van der Waals surface area contributed by atoms with Gasteiger partial charge in [-0.05, 0) is 60.6 Å². The molecule has 0 aliphatic heterocycles. The van der Waals surface area contributed by atoms with Gasteiger partial charge in [0.2, 0.25) is 0 Å². The summed E-state index contributed by atoms with van der Waals surface area (Å²) in [6.45, 7) is 2.29. The van der Waals surface area contributed by atoms with Gasteiger partial charge in [-0.1, -0.05) is 57.6 Å². The molecule has 0 heterocycles. The van der Waals surface area contributed by atoms with Gasteiger partial charge >= 0.3 is 12.1 Å². The molecular weight excluding hydrogens is 337 g/mol. The molecule has 0 radical (unpaired) electrons. The minimum atomic E-state index is -2.43. The first kappa shape index (κ1) is 19.3. The predicted octanol–water partition coefficient (Wildman–Crippen LogP) is 7.52. The van der Waals surface area contributed by atoms with Crippen LogP contribution in [0.2, 0.25) is 0 Å². The topological polar surface area (TPSA) is 9.23 Å². The van der Waals surface area contributed by atoms with Crippen LogP contribution in [0.4, 0.5) is 13.2 Å². The normalized spacial score (nSPS) is 25.5. The molecule has 2 aliphatic carbocycles. The molecule has 0 saturated heterocycles. The molecule has 1 nitrogen and oxygen atoms in total. The fourth-order valence-corrected chi connectivity index (χ4v) is 5.24. The van der Waals surface area contributed by atoms with E-state index in [9.17, 15) is 13.2 Å². The molecule has 3 rings (SSSR count). The summed E-state index contributed by atoms with van der Waals surface area (Å²) in [5, 5.41) is 0. The lowest BCUT2D eigenvalue weighted by molar-refractivity contribution is 0.126. The zero-order valence-electron chi connectivity index (χ0n) is 15.6. The zero-order chi connectivity index (χ0) is 18.6. The van der Waals surface area contributed by atoms with Crippen molar-refractivity contribution in [1.29, 1.82) is 0 Å². The van der Waals surface area contributed by atoms with Gasteiger partial charge in [0.05, 0.1) is 0 Å². The Bertz CT molecular complexity index is 605. The Labute approximate surface area is 154 Å². The summed E-state index contributed by atoms with van der Waals surface area (Å²) in [6.07, 6.45) is 10.2. The van der Waals surface area contributed by atoms with E-state index >= 15 is 0 Å². The second kappa shape index (κ2) is 8.49. The Kier molecular flexibility index (Phi) is 6.31. The van der Waals surface area contributed by atoms with E-state index in [0.717, 1.165) is 5.92 Å². The average Bonchev–Trinajstić information content (AvgIpc) is 2.69. The van der Waals surface area contributed by atoms with Crippen molar-refractivity contribution in [2.75, 3.05) is 0 Å². The maximum absolute atomic E-state index is 13.0. The van der Waals surface area contributed by atoms with E-state index in [1.165, 1.54) is 69.8 Å². The molecule has 1 aromatic rings. The van der Waals surface area contributed by atoms with Crippen LogP contribution in [0.15, 0.2) is 36.4 Å². The Morgan fingerprint density at radius 1 is 0.962 bits per heavy atom. The van der Waals surface area contributed by atoms with Crippen LogP contribution in [-0.2, 0) is 5.41 Å². The minimum absolute atomic E-state index is 0.125. The van der Waals surface area contributed by atoms with Crippen molar-refractivity contribution in [3.05, 3.63) is 41.9 Å². The van der Waals surface area contributed by atoms with Gasteiger partial charge in [0.25, 0.3) is 0 Å². The maximum Gasteiger partial charge on any atom is 0.344 e. The number of rotatable bonds is 5. The summed E-state index contributed by atoms with van der Waals surface area (Å²) >= 11 is 0. The largest absolute Gasteiger partial charge is 0.428 e. The predicted molar refractivity (Wildman–Crippen MR) is 97.9 cm³/mol. The first-order valence-corrected chi connectivity index (χ1v) is 10.0. The molecule has 0 aromatic heterocycles.